The number of carbonyl (C=O) groups excluding carboxylic acids is 1. The number of hydrogen-bond acceptors (Lipinski definition) is 4. The lowest BCUT2D eigenvalue weighted by Crippen LogP contribution is -2.14. The van der Waals surface area contributed by atoms with Crippen molar-refractivity contribution in [2.24, 2.45) is 0 Å². The molecule has 2 aromatic carbocycles. The van der Waals surface area contributed by atoms with E-state index < -0.39 is 22.5 Å². The normalized spacial score (nSPS) is 10.4. The standard InChI is InChI=1S/C14H9ClF2N2O3S/c15-10-5-8(19(21)22)1-4-13(10)18-14(20)7-23-9-2-3-11(16)12(17)6-9/h1-6H,7H2,(H,18,20). The predicted octanol–water partition coefficient (Wildman–Crippen LogP) is 4.26. The number of nitro benzene ring substituents is 1. The molecule has 0 aliphatic rings. The molecule has 0 unspecified atom stereocenters. The number of rotatable bonds is 5. The van der Waals surface area contributed by atoms with Gasteiger partial charge in [-0.2, -0.15) is 0 Å². The van der Waals surface area contributed by atoms with Gasteiger partial charge in [-0.15, -0.1) is 11.8 Å². The van der Waals surface area contributed by atoms with E-state index in [1.165, 1.54) is 18.2 Å². The molecule has 2 aromatic rings. The minimum Gasteiger partial charge on any atom is -0.324 e. The van der Waals surface area contributed by atoms with Gasteiger partial charge >= 0.3 is 0 Å². The summed E-state index contributed by atoms with van der Waals surface area (Å²) in [6, 6.07) is 6.98. The fourth-order valence-corrected chi connectivity index (χ4v) is 2.56. The highest BCUT2D eigenvalue weighted by molar-refractivity contribution is 8.00. The third-order valence-electron chi connectivity index (χ3n) is 2.70. The molecule has 5 nitrogen and oxygen atoms in total. The highest BCUT2D eigenvalue weighted by atomic mass is 35.5. The number of carbonyl (C=O) groups is 1. The minimum absolute atomic E-state index is 0.0328. The number of amides is 1. The van der Waals surface area contributed by atoms with Crippen LogP contribution in [0.4, 0.5) is 20.2 Å². The number of nitrogens with one attached hydrogen (secondary N) is 1. The molecule has 1 amide bonds. The van der Waals surface area contributed by atoms with Crippen molar-refractivity contribution in [1.82, 2.24) is 0 Å². The lowest BCUT2D eigenvalue weighted by molar-refractivity contribution is -0.384. The summed E-state index contributed by atoms with van der Waals surface area (Å²) in [5.74, 6) is -2.45. The maximum atomic E-state index is 13.0. The van der Waals surface area contributed by atoms with Crippen LogP contribution in [0.1, 0.15) is 0 Å². The summed E-state index contributed by atoms with van der Waals surface area (Å²) in [7, 11) is 0. The molecule has 0 spiro atoms. The van der Waals surface area contributed by atoms with Gasteiger partial charge in [-0.25, -0.2) is 8.78 Å². The quantitative estimate of drug-likeness (QED) is 0.492. The summed E-state index contributed by atoms with van der Waals surface area (Å²) in [6.45, 7) is 0. The second-order valence-corrected chi connectivity index (χ2v) is 5.79. The van der Waals surface area contributed by atoms with Gasteiger partial charge < -0.3 is 5.32 Å². The maximum Gasteiger partial charge on any atom is 0.271 e. The Morgan fingerprint density at radius 3 is 2.57 bits per heavy atom. The van der Waals surface area contributed by atoms with Crippen LogP contribution in [0.25, 0.3) is 0 Å². The van der Waals surface area contributed by atoms with Crippen LogP contribution in [-0.4, -0.2) is 16.6 Å². The van der Waals surface area contributed by atoms with Gasteiger partial charge in [-0.3, -0.25) is 14.9 Å². The first-order valence-electron chi connectivity index (χ1n) is 6.18. The van der Waals surface area contributed by atoms with Crippen LogP contribution in [0.2, 0.25) is 5.02 Å². The van der Waals surface area contributed by atoms with Crippen LogP contribution in [-0.2, 0) is 4.79 Å². The van der Waals surface area contributed by atoms with Gasteiger partial charge in [0.05, 0.1) is 21.4 Å². The Hall–Kier alpha value is -2.19. The molecule has 0 saturated heterocycles. The highest BCUT2D eigenvalue weighted by Gasteiger charge is 2.12. The average Bonchev–Trinajstić information content (AvgIpc) is 2.50. The van der Waals surface area contributed by atoms with E-state index in [9.17, 15) is 23.7 Å². The molecule has 23 heavy (non-hydrogen) atoms. The monoisotopic (exact) mass is 358 g/mol. The van der Waals surface area contributed by atoms with Gasteiger partial charge in [0.15, 0.2) is 11.6 Å². The predicted molar refractivity (Wildman–Crippen MR) is 83.8 cm³/mol. The summed E-state index contributed by atoms with van der Waals surface area (Å²) in [4.78, 5) is 22.2. The van der Waals surface area contributed by atoms with E-state index >= 15 is 0 Å². The first-order chi connectivity index (χ1) is 10.9. The first kappa shape index (κ1) is 17.2. The number of benzene rings is 2. The van der Waals surface area contributed by atoms with E-state index in [1.54, 1.807) is 0 Å². The van der Waals surface area contributed by atoms with Gasteiger partial charge in [-0.05, 0) is 24.3 Å². The van der Waals surface area contributed by atoms with Crippen LogP contribution in [0, 0.1) is 21.7 Å². The van der Waals surface area contributed by atoms with E-state index in [0.717, 1.165) is 30.0 Å². The van der Waals surface area contributed by atoms with E-state index in [1.807, 2.05) is 0 Å². The van der Waals surface area contributed by atoms with Gasteiger partial charge in [0.2, 0.25) is 5.91 Å². The zero-order valence-electron chi connectivity index (χ0n) is 11.4. The molecule has 1 N–H and O–H groups in total. The third-order valence-corrected chi connectivity index (χ3v) is 4.01. The SMILES string of the molecule is O=C(CSc1ccc(F)c(F)c1)Nc1ccc([N+](=O)[O-])cc1Cl. The van der Waals surface area contributed by atoms with E-state index in [4.69, 9.17) is 11.6 Å². The van der Waals surface area contributed by atoms with Crippen molar-refractivity contribution in [3.05, 3.63) is 63.2 Å². The van der Waals surface area contributed by atoms with E-state index in [2.05, 4.69) is 5.32 Å². The molecule has 0 aliphatic carbocycles. The Balaban J connectivity index is 1.97. The van der Waals surface area contributed by atoms with Crippen LogP contribution in [0.3, 0.4) is 0 Å². The molecule has 0 radical (unpaired) electrons. The number of nitro groups is 1. The molecule has 0 fully saturated rings. The van der Waals surface area contributed by atoms with Crippen molar-refractivity contribution < 1.29 is 18.5 Å². The third kappa shape index (κ3) is 4.64. The maximum absolute atomic E-state index is 13.0. The Bertz CT molecular complexity index is 774. The van der Waals surface area contributed by atoms with Crippen molar-refractivity contribution in [3.63, 3.8) is 0 Å². The molecule has 0 atom stereocenters. The molecule has 0 heterocycles. The van der Waals surface area contributed by atoms with Crippen LogP contribution in [0.15, 0.2) is 41.3 Å². The smallest absolute Gasteiger partial charge is 0.271 e. The second kappa shape index (κ2) is 7.38. The van der Waals surface area contributed by atoms with Crippen molar-refractivity contribution in [2.75, 3.05) is 11.1 Å². The molecule has 9 heteroatoms. The molecule has 2 rings (SSSR count). The Kier molecular flexibility index (Phi) is 5.51. The largest absolute Gasteiger partial charge is 0.324 e. The molecule has 0 aromatic heterocycles. The highest BCUT2D eigenvalue weighted by Crippen LogP contribution is 2.27. The van der Waals surface area contributed by atoms with Crippen LogP contribution >= 0.6 is 23.4 Å². The number of hydrogen-bond donors (Lipinski definition) is 1. The Morgan fingerprint density at radius 2 is 1.96 bits per heavy atom. The van der Waals surface area contributed by atoms with Gasteiger partial charge in [-0.1, -0.05) is 11.6 Å². The van der Waals surface area contributed by atoms with Crippen LogP contribution in [0.5, 0.6) is 0 Å². The first-order valence-corrected chi connectivity index (χ1v) is 7.55. The van der Waals surface area contributed by atoms with Crippen molar-refractivity contribution >= 4 is 40.6 Å². The molecule has 120 valence electrons. The number of non-ortho nitro benzene ring substituents is 1. The van der Waals surface area contributed by atoms with Gasteiger partial charge in [0, 0.05) is 17.0 Å². The van der Waals surface area contributed by atoms with E-state index in [-0.39, 0.29) is 22.2 Å². The van der Waals surface area contributed by atoms with Crippen LogP contribution < -0.4 is 5.32 Å². The lowest BCUT2D eigenvalue weighted by Gasteiger charge is -2.07. The van der Waals surface area contributed by atoms with Crippen molar-refractivity contribution in [2.45, 2.75) is 4.90 Å². The number of nitrogens with zero attached hydrogens (tertiary/aromatic N) is 1. The summed E-state index contributed by atoms with van der Waals surface area (Å²) in [5, 5.41) is 13.1. The summed E-state index contributed by atoms with van der Waals surface area (Å²) >= 11 is 6.87. The zero-order valence-corrected chi connectivity index (χ0v) is 13.0. The molecular weight excluding hydrogens is 350 g/mol. The lowest BCUT2D eigenvalue weighted by atomic mass is 10.3. The topological polar surface area (TPSA) is 72.2 Å². The molecule has 0 aliphatic heterocycles. The number of thioether (sulfide) groups is 1. The summed E-state index contributed by atoms with van der Waals surface area (Å²) in [5.41, 5.74) is 0.0392. The molecule has 0 bridgehead atoms. The second-order valence-electron chi connectivity index (χ2n) is 4.33. The van der Waals surface area contributed by atoms with Crippen molar-refractivity contribution in [1.29, 1.82) is 0 Å². The minimum atomic E-state index is -0.992. The van der Waals surface area contributed by atoms with Crippen molar-refractivity contribution in [3.8, 4) is 0 Å². The fraction of sp³-hybridized carbons (Fsp3) is 0.0714. The van der Waals surface area contributed by atoms with Gasteiger partial charge in [0.1, 0.15) is 0 Å². The molecule has 0 saturated carbocycles. The summed E-state index contributed by atoms with van der Waals surface area (Å²) in [6.07, 6.45) is 0. The fourth-order valence-electron chi connectivity index (χ4n) is 1.62. The number of halogens is 3. The summed E-state index contributed by atoms with van der Waals surface area (Å²) < 4.78 is 25.8. The average molecular weight is 359 g/mol. The zero-order chi connectivity index (χ0) is 17.0. The van der Waals surface area contributed by atoms with Gasteiger partial charge in [0.25, 0.3) is 5.69 Å². The van der Waals surface area contributed by atoms with E-state index in [0.29, 0.717) is 4.90 Å². The Morgan fingerprint density at radius 1 is 1.22 bits per heavy atom. The Labute approximate surface area is 138 Å². The number of anilines is 1. The molecular formula is C14H9ClF2N2O3S.